The molecular weight excluding hydrogens is 184 g/mol. The van der Waals surface area contributed by atoms with Gasteiger partial charge in [0.05, 0.1) is 6.54 Å². The number of hydrogen-bond donors (Lipinski definition) is 2. The SMILES string of the molecule is O=C(O)c1cc(=O)n(CCCl)[nH]1. The number of nitrogens with one attached hydrogen (secondary N) is 1. The normalized spacial score (nSPS) is 10.1. The molecule has 66 valence electrons. The molecule has 0 fully saturated rings. The van der Waals surface area contributed by atoms with Crippen molar-refractivity contribution in [2.45, 2.75) is 6.54 Å². The van der Waals surface area contributed by atoms with Gasteiger partial charge < -0.3 is 5.11 Å². The van der Waals surface area contributed by atoms with Crippen LogP contribution in [0.25, 0.3) is 0 Å². The minimum Gasteiger partial charge on any atom is -0.477 e. The van der Waals surface area contributed by atoms with E-state index in [4.69, 9.17) is 16.7 Å². The molecule has 2 N–H and O–H groups in total. The number of carboxylic acid groups (broad SMARTS) is 1. The van der Waals surface area contributed by atoms with Gasteiger partial charge in [0.2, 0.25) is 0 Å². The molecule has 1 heterocycles. The van der Waals surface area contributed by atoms with Gasteiger partial charge in [-0.1, -0.05) is 0 Å². The lowest BCUT2D eigenvalue weighted by Gasteiger charge is -1.94. The largest absolute Gasteiger partial charge is 0.477 e. The highest BCUT2D eigenvalue weighted by atomic mass is 35.5. The highest BCUT2D eigenvalue weighted by molar-refractivity contribution is 6.17. The summed E-state index contributed by atoms with van der Waals surface area (Å²) in [7, 11) is 0. The monoisotopic (exact) mass is 190 g/mol. The highest BCUT2D eigenvalue weighted by Gasteiger charge is 2.07. The average Bonchev–Trinajstić information content (AvgIpc) is 2.34. The fourth-order valence-corrected chi connectivity index (χ4v) is 0.963. The van der Waals surface area contributed by atoms with Crippen molar-refractivity contribution in [3.05, 3.63) is 22.1 Å². The number of aromatic amines is 1. The van der Waals surface area contributed by atoms with Gasteiger partial charge in [0.15, 0.2) is 0 Å². The molecule has 0 atom stereocenters. The summed E-state index contributed by atoms with van der Waals surface area (Å²) in [5.41, 5.74) is -0.502. The van der Waals surface area contributed by atoms with Crippen molar-refractivity contribution in [3.63, 3.8) is 0 Å². The molecule has 0 amide bonds. The molecule has 0 unspecified atom stereocenters. The lowest BCUT2D eigenvalue weighted by Crippen LogP contribution is -2.16. The van der Waals surface area contributed by atoms with Gasteiger partial charge in [0, 0.05) is 11.9 Å². The lowest BCUT2D eigenvalue weighted by atomic mass is 10.4. The van der Waals surface area contributed by atoms with E-state index in [2.05, 4.69) is 5.10 Å². The molecule has 1 aromatic heterocycles. The Balaban J connectivity index is 3.00. The molecule has 12 heavy (non-hydrogen) atoms. The fraction of sp³-hybridized carbons (Fsp3) is 0.333. The van der Waals surface area contributed by atoms with E-state index < -0.39 is 5.97 Å². The zero-order valence-corrected chi connectivity index (χ0v) is 6.84. The van der Waals surface area contributed by atoms with Crippen LogP contribution < -0.4 is 5.56 Å². The number of alkyl halides is 1. The van der Waals surface area contributed by atoms with Crippen LogP contribution in [0.1, 0.15) is 10.5 Å². The number of hydrogen-bond acceptors (Lipinski definition) is 2. The van der Waals surface area contributed by atoms with E-state index in [1.54, 1.807) is 0 Å². The summed E-state index contributed by atoms with van der Waals surface area (Å²) in [5.74, 6) is -0.889. The summed E-state index contributed by atoms with van der Waals surface area (Å²) in [6, 6.07) is 1.02. The number of aromatic carboxylic acids is 1. The van der Waals surface area contributed by atoms with Gasteiger partial charge in [-0.05, 0) is 0 Å². The van der Waals surface area contributed by atoms with Crippen LogP contribution in [0.4, 0.5) is 0 Å². The molecule has 0 bridgehead atoms. The van der Waals surface area contributed by atoms with Gasteiger partial charge in [0.1, 0.15) is 5.69 Å². The molecule has 0 aliphatic rings. The van der Waals surface area contributed by atoms with Crippen LogP contribution in [0.2, 0.25) is 0 Å². The van der Waals surface area contributed by atoms with Crippen molar-refractivity contribution in [2.24, 2.45) is 0 Å². The van der Waals surface area contributed by atoms with E-state index in [1.165, 1.54) is 0 Å². The summed E-state index contributed by atoms with van der Waals surface area (Å²) in [5, 5.41) is 10.9. The highest BCUT2D eigenvalue weighted by Crippen LogP contribution is 1.90. The van der Waals surface area contributed by atoms with Crippen molar-refractivity contribution in [3.8, 4) is 0 Å². The van der Waals surface area contributed by atoms with Crippen LogP contribution in [0.15, 0.2) is 10.9 Å². The van der Waals surface area contributed by atoms with Gasteiger partial charge >= 0.3 is 5.97 Å². The quantitative estimate of drug-likeness (QED) is 0.665. The van der Waals surface area contributed by atoms with Crippen LogP contribution in [-0.2, 0) is 6.54 Å². The summed E-state index contributed by atoms with van der Waals surface area (Å²) in [6.45, 7) is 0.285. The third kappa shape index (κ3) is 1.68. The first kappa shape index (κ1) is 8.86. The third-order valence-electron chi connectivity index (χ3n) is 1.33. The van der Waals surface area contributed by atoms with E-state index >= 15 is 0 Å². The molecule has 0 spiro atoms. The number of H-pyrrole nitrogens is 1. The third-order valence-corrected chi connectivity index (χ3v) is 1.50. The van der Waals surface area contributed by atoms with Crippen molar-refractivity contribution in [1.29, 1.82) is 0 Å². The molecule has 0 saturated carbocycles. The Morgan fingerprint density at radius 1 is 1.75 bits per heavy atom. The molecule has 0 radical (unpaired) electrons. The number of aryl methyl sites for hydroxylation is 1. The maximum Gasteiger partial charge on any atom is 0.353 e. The van der Waals surface area contributed by atoms with Gasteiger partial charge in [0.25, 0.3) is 5.56 Å². The summed E-state index contributed by atoms with van der Waals surface area (Å²) >= 11 is 5.37. The van der Waals surface area contributed by atoms with E-state index in [9.17, 15) is 9.59 Å². The van der Waals surface area contributed by atoms with Crippen LogP contribution in [0, 0.1) is 0 Å². The topological polar surface area (TPSA) is 75.1 Å². The minimum atomic E-state index is -1.15. The van der Waals surface area contributed by atoms with Gasteiger partial charge in [-0.15, -0.1) is 11.6 Å². The zero-order valence-electron chi connectivity index (χ0n) is 6.08. The zero-order chi connectivity index (χ0) is 9.14. The smallest absolute Gasteiger partial charge is 0.353 e. The number of halogens is 1. The Morgan fingerprint density at radius 3 is 2.83 bits per heavy atom. The Hall–Kier alpha value is -1.23. The summed E-state index contributed by atoms with van der Waals surface area (Å²) < 4.78 is 1.15. The number of nitrogens with zero attached hydrogens (tertiary/aromatic N) is 1. The van der Waals surface area contributed by atoms with E-state index in [-0.39, 0.29) is 23.7 Å². The maximum atomic E-state index is 10.9. The second-order valence-electron chi connectivity index (χ2n) is 2.15. The van der Waals surface area contributed by atoms with E-state index in [0.29, 0.717) is 0 Å². The molecule has 0 aliphatic heterocycles. The van der Waals surface area contributed by atoms with E-state index in [1.807, 2.05) is 0 Å². The molecule has 6 heteroatoms. The maximum absolute atomic E-state index is 10.9. The Kier molecular flexibility index (Phi) is 2.54. The molecule has 5 nitrogen and oxygen atoms in total. The first-order chi connectivity index (χ1) is 5.65. The number of carbonyl (C=O) groups is 1. The lowest BCUT2D eigenvalue weighted by molar-refractivity contribution is 0.0689. The second kappa shape index (κ2) is 3.44. The van der Waals surface area contributed by atoms with Crippen molar-refractivity contribution < 1.29 is 9.90 Å². The molecular formula is C6H7ClN2O3. The molecule has 0 aliphatic carbocycles. The van der Waals surface area contributed by atoms with Crippen LogP contribution in [-0.4, -0.2) is 26.7 Å². The summed E-state index contributed by atoms with van der Waals surface area (Å²) in [6.07, 6.45) is 0. The predicted molar refractivity (Wildman–Crippen MR) is 42.7 cm³/mol. The number of aromatic nitrogens is 2. The second-order valence-corrected chi connectivity index (χ2v) is 2.53. The van der Waals surface area contributed by atoms with Crippen molar-refractivity contribution in [1.82, 2.24) is 9.78 Å². The fourth-order valence-electron chi connectivity index (χ4n) is 0.794. The van der Waals surface area contributed by atoms with Gasteiger partial charge in [-0.3, -0.25) is 14.6 Å². The van der Waals surface area contributed by atoms with Crippen LogP contribution in [0.3, 0.4) is 0 Å². The first-order valence-electron chi connectivity index (χ1n) is 3.24. The number of rotatable bonds is 3. The Labute approximate surface area is 72.6 Å². The minimum absolute atomic E-state index is 0.120. The standard InChI is InChI=1S/C6H7ClN2O3/c7-1-2-9-5(10)3-4(8-9)6(11)12/h3,8H,1-2H2,(H,11,12). The predicted octanol–water partition coefficient (Wildman–Crippen LogP) is 0.113. The number of carboxylic acids is 1. The molecule has 0 aromatic carbocycles. The Bertz CT molecular complexity index is 341. The van der Waals surface area contributed by atoms with Gasteiger partial charge in [-0.2, -0.15) is 0 Å². The Morgan fingerprint density at radius 2 is 2.42 bits per heavy atom. The first-order valence-corrected chi connectivity index (χ1v) is 3.77. The van der Waals surface area contributed by atoms with Crippen LogP contribution >= 0.6 is 11.6 Å². The summed E-state index contributed by atoms with van der Waals surface area (Å²) in [4.78, 5) is 21.3. The molecule has 0 saturated heterocycles. The van der Waals surface area contributed by atoms with E-state index in [0.717, 1.165) is 10.7 Å². The van der Waals surface area contributed by atoms with Gasteiger partial charge in [-0.25, -0.2) is 4.79 Å². The van der Waals surface area contributed by atoms with Crippen molar-refractivity contribution in [2.75, 3.05) is 5.88 Å². The molecule has 1 rings (SSSR count). The average molecular weight is 191 g/mol. The van der Waals surface area contributed by atoms with Crippen molar-refractivity contribution >= 4 is 17.6 Å². The molecule has 1 aromatic rings. The van der Waals surface area contributed by atoms with Crippen LogP contribution in [0.5, 0.6) is 0 Å².